The molecule has 0 amide bonds. The van der Waals surface area contributed by atoms with Crippen LogP contribution in [0.4, 0.5) is 0 Å². The van der Waals surface area contributed by atoms with Gasteiger partial charge in [0.2, 0.25) is 5.78 Å². The van der Waals surface area contributed by atoms with Gasteiger partial charge in [0, 0.05) is 6.20 Å². The number of hydrogen-bond donors (Lipinski definition) is 0. The normalized spacial score (nSPS) is 11.5. The van der Waals surface area contributed by atoms with Crippen molar-refractivity contribution in [3.05, 3.63) is 147 Å². The van der Waals surface area contributed by atoms with Gasteiger partial charge in [0.25, 0.3) is 0 Å². The Morgan fingerprint density at radius 1 is 0.788 bits per heavy atom. The lowest BCUT2D eigenvalue weighted by Gasteiger charge is -2.37. The molecule has 0 aliphatic carbocycles. The van der Waals surface area contributed by atoms with E-state index in [-0.39, 0.29) is 5.78 Å². The van der Waals surface area contributed by atoms with Gasteiger partial charge >= 0.3 is 0 Å². The lowest BCUT2D eigenvalue weighted by Crippen LogP contribution is -2.37. The Morgan fingerprint density at radius 3 is 1.70 bits per heavy atom. The van der Waals surface area contributed by atoms with Crippen molar-refractivity contribution in [2.75, 3.05) is 0 Å². The summed E-state index contributed by atoms with van der Waals surface area (Å²) in [4.78, 5) is 18.7. The van der Waals surface area contributed by atoms with E-state index in [0.29, 0.717) is 5.69 Å². The van der Waals surface area contributed by atoms with Gasteiger partial charge in [-0.2, -0.15) is 0 Å². The number of aryl methyl sites for hydroxylation is 1. The molecule has 0 saturated heterocycles. The maximum absolute atomic E-state index is 13.4. The van der Waals surface area contributed by atoms with Crippen LogP contribution in [0.25, 0.3) is 0 Å². The molecule has 0 N–H and O–H groups in total. The predicted molar refractivity (Wildman–Crippen MR) is 134 cm³/mol. The summed E-state index contributed by atoms with van der Waals surface area (Å²) in [5.41, 5.74) is 5.24. The highest BCUT2D eigenvalue weighted by Crippen LogP contribution is 2.41. The van der Waals surface area contributed by atoms with Crippen molar-refractivity contribution in [2.45, 2.75) is 19.4 Å². The number of nitrogens with zero attached hydrogens (tertiary/aromatic N) is 2. The quantitative estimate of drug-likeness (QED) is 0.216. The van der Waals surface area contributed by atoms with Gasteiger partial charge in [-0.3, -0.25) is 4.79 Å². The van der Waals surface area contributed by atoms with Gasteiger partial charge in [-0.15, -0.1) is 11.3 Å². The molecule has 0 unspecified atom stereocenters. The maximum Gasteiger partial charge on any atom is 0.223 e. The monoisotopic (exact) mass is 448 g/mol. The van der Waals surface area contributed by atoms with Crippen LogP contribution in [0.15, 0.2) is 109 Å². The van der Waals surface area contributed by atoms with Crippen LogP contribution >= 0.6 is 11.3 Å². The zero-order valence-corrected chi connectivity index (χ0v) is 19.4. The van der Waals surface area contributed by atoms with Crippen molar-refractivity contribution in [1.29, 1.82) is 0 Å². The summed E-state index contributed by atoms with van der Waals surface area (Å²) in [6.07, 6.45) is 3.68. The van der Waals surface area contributed by atoms with Gasteiger partial charge < -0.3 is 4.57 Å². The first kappa shape index (κ1) is 21.1. The summed E-state index contributed by atoms with van der Waals surface area (Å²) in [5.74, 6) is -0.0348. The Labute approximate surface area is 198 Å². The molecular weight excluding hydrogens is 424 g/mol. The Morgan fingerprint density at radius 2 is 1.27 bits per heavy atom. The summed E-state index contributed by atoms with van der Waals surface area (Å²) >= 11 is 1.49. The number of carbonyl (C=O) groups is 1. The molecule has 4 heteroatoms. The van der Waals surface area contributed by atoms with E-state index < -0.39 is 5.54 Å². The molecule has 33 heavy (non-hydrogen) atoms. The number of aromatic nitrogens is 2. The van der Waals surface area contributed by atoms with E-state index in [1.54, 1.807) is 6.33 Å². The largest absolute Gasteiger partial charge is 0.318 e. The average Bonchev–Trinajstić information content (AvgIpc) is 3.49. The van der Waals surface area contributed by atoms with E-state index >= 15 is 0 Å². The van der Waals surface area contributed by atoms with Crippen molar-refractivity contribution in [3.63, 3.8) is 0 Å². The molecule has 0 radical (unpaired) electrons. The van der Waals surface area contributed by atoms with Gasteiger partial charge in [0.1, 0.15) is 11.2 Å². The summed E-state index contributed by atoms with van der Waals surface area (Å²) in [7, 11) is 0. The van der Waals surface area contributed by atoms with Crippen molar-refractivity contribution in [2.24, 2.45) is 0 Å². The molecular formula is C29H24N2OS. The maximum atomic E-state index is 13.4. The molecule has 0 aliphatic rings. The SMILES string of the molecule is Cc1csc(C(=O)c2cn(C(c3ccccc3)(c3ccccc3)c3ccccc3)cn2)c1C. The number of thiophene rings is 1. The molecule has 2 heterocycles. The topological polar surface area (TPSA) is 34.9 Å². The number of rotatable bonds is 6. The Hall–Kier alpha value is -3.76. The number of imidazole rings is 1. The van der Waals surface area contributed by atoms with E-state index in [1.165, 1.54) is 11.3 Å². The first-order valence-corrected chi connectivity index (χ1v) is 11.8. The third-order valence-corrected chi connectivity index (χ3v) is 7.47. The molecule has 3 aromatic carbocycles. The lowest BCUT2D eigenvalue weighted by molar-refractivity contribution is 0.103. The second-order valence-corrected chi connectivity index (χ2v) is 9.06. The number of carbonyl (C=O) groups excluding carboxylic acids is 1. The van der Waals surface area contributed by atoms with Gasteiger partial charge in [0.05, 0.1) is 11.2 Å². The minimum Gasteiger partial charge on any atom is -0.318 e. The van der Waals surface area contributed by atoms with E-state index in [4.69, 9.17) is 0 Å². The van der Waals surface area contributed by atoms with Crippen LogP contribution in [0, 0.1) is 13.8 Å². The number of ketones is 1. The molecule has 0 fully saturated rings. The minimum atomic E-state index is -0.671. The molecule has 0 atom stereocenters. The standard InChI is InChI=1S/C29H24N2OS/c1-21-19-33-28(22(21)2)27(32)26-18-31(20-30-26)29(23-12-6-3-7-13-23,24-14-8-4-9-15-24)25-16-10-5-11-17-25/h3-20H,1-2H3. The van der Waals surface area contributed by atoms with Gasteiger partial charge in [-0.1, -0.05) is 91.0 Å². The van der Waals surface area contributed by atoms with E-state index in [2.05, 4.69) is 82.3 Å². The van der Waals surface area contributed by atoms with Crippen molar-refractivity contribution < 1.29 is 4.79 Å². The van der Waals surface area contributed by atoms with Crippen LogP contribution in [0.3, 0.4) is 0 Å². The fourth-order valence-electron chi connectivity index (χ4n) is 4.45. The Balaban J connectivity index is 1.76. The average molecular weight is 449 g/mol. The highest BCUT2D eigenvalue weighted by atomic mass is 32.1. The zero-order valence-electron chi connectivity index (χ0n) is 18.6. The van der Waals surface area contributed by atoms with Gasteiger partial charge in [0.15, 0.2) is 0 Å². The van der Waals surface area contributed by atoms with Crippen molar-refractivity contribution >= 4 is 17.1 Å². The molecule has 0 aliphatic heterocycles. The minimum absolute atomic E-state index is 0.0348. The smallest absolute Gasteiger partial charge is 0.223 e. The highest BCUT2D eigenvalue weighted by molar-refractivity contribution is 7.12. The predicted octanol–water partition coefficient (Wildman–Crippen LogP) is 6.63. The van der Waals surface area contributed by atoms with Crippen LogP contribution in [-0.2, 0) is 5.54 Å². The fourth-order valence-corrected chi connectivity index (χ4v) is 5.47. The molecule has 5 aromatic rings. The zero-order chi connectivity index (χ0) is 22.8. The first-order valence-electron chi connectivity index (χ1n) is 10.9. The van der Waals surface area contributed by atoms with E-state index in [1.807, 2.05) is 43.6 Å². The Bertz CT molecular complexity index is 1290. The third-order valence-electron chi connectivity index (χ3n) is 6.27. The molecule has 162 valence electrons. The molecule has 2 aromatic heterocycles. The summed E-state index contributed by atoms with van der Waals surface area (Å²) in [5, 5.41) is 2.03. The van der Waals surface area contributed by atoms with Crippen LogP contribution in [0.5, 0.6) is 0 Å². The summed E-state index contributed by atoms with van der Waals surface area (Å²) < 4.78 is 2.08. The third kappa shape index (κ3) is 3.53. The first-order chi connectivity index (χ1) is 16.1. The molecule has 0 bridgehead atoms. The summed E-state index contributed by atoms with van der Waals surface area (Å²) in [6, 6.07) is 31.2. The lowest BCUT2D eigenvalue weighted by atomic mass is 9.77. The molecule has 3 nitrogen and oxygen atoms in total. The summed E-state index contributed by atoms with van der Waals surface area (Å²) in [6.45, 7) is 4.03. The van der Waals surface area contributed by atoms with Crippen molar-refractivity contribution in [3.8, 4) is 0 Å². The second-order valence-electron chi connectivity index (χ2n) is 8.18. The van der Waals surface area contributed by atoms with Crippen LogP contribution in [0.1, 0.15) is 43.2 Å². The van der Waals surface area contributed by atoms with E-state index in [0.717, 1.165) is 32.7 Å². The second kappa shape index (κ2) is 8.64. The molecule has 5 rings (SSSR count). The highest BCUT2D eigenvalue weighted by Gasteiger charge is 2.38. The number of benzene rings is 3. The van der Waals surface area contributed by atoms with Crippen molar-refractivity contribution in [1.82, 2.24) is 9.55 Å². The van der Waals surface area contributed by atoms with Gasteiger partial charge in [-0.25, -0.2) is 4.98 Å². The van der Waals surface area contributed by atoms with Gasteiger partial charge in [-0.05, 0) is 47.0 Å². The van der Waals surface area contributed by atoms with Crippen LogP contribution in [-0.4, -0.2) is 15.3 Å². The van der Waals surface area contributed by atoms with E-state index in [9.17, 15) is 4.79 Å². The number of hydrogen-bond acceptors (Lipinski definition) is 3. The Kier molecular flexibility index (Phi) is 5.53. The van der Waals surface area contributed by atoms with Crippen LogP contribution in [0.2, 0.25) is 0 Å². The van der Waals surface area contributed by atoms with Crippen LogP contribution < -0.4 is 0 Å². The molecule has 0 spiro atoms. The molecule has 0 saturated carbocycles. The fraction of sp³-hybridized carbons (Fsp3) is 0.103.